The van der Waals surface area contributed by atoms with Crippen molar-refractivity contribution in [3.8, 4) is 0 Å². The number of methoxy groups -OCH3 is 1. The van der Waals surface area contributed by atoms with E-state index in [1.165, 1.54) is 12.8 Å². The molecule has 1 saturated carbocycles. The minimum absolute atomic E-state index is 0.405. The van der Waals surface area contributed by atoms with Crippen molar-refractivity contribution in [1.29, 1.82) is 0 Å². The Hall–Kier alpha value is -0.0800. The lowest BCUT2D eigenvalue weighted by molar-refractivity contribution is -0.00348. The zero-order valence-corrected chi connectivity index (χ0v) is 6.84. The fourth-order valence-electron chi connectivity index (χ4n) is 1.68. The average molecular weight is 143 g/mol. The van der Waals surface area contributed by atoms with Crippen LogP contribution in [0, 0.1) is 11.8 Å². The summed E-state index contributed by atoms with van der Waals surface area (Å²) in [4.78, 5) is 0. The van der Waals surface area contributed by atoms with Gasteiger partial charge >= 0.3 is 0 Å². The summed E-state index contributed by atoms with van der Waals surface area (Å²) in [5, 5.41) is 0. The van der Waals surface area contributed by atoms with Crippen LogP contribution in [0.5, 0.6) is 0 Å². The van der Waals surface area contributed by atoms with Gasteiger partial charge in [0.15, 0.2) is 0 Å². The Labute approximate surface area is 62.7 Å². The van der Waals surface area contributed by atoms with Gasteiger partial charge in [0.2, 0.25) is 0 Å². The van der Waals surface area contributed by atoms with Crippen molar-refractivity contribution in [2.45, 2.75) is 25.9 Å². The van der Waals surface area contributed by atoms with Crippen LogP contribution in [0.3, 0.4) is 0 Å². The summed E-state index contributed by atoms with van der Waals surface area (Å²) in [5.41, 5.74) is 5.56. The van der Waals surface area contributed by atoms with E-state index in [-0.39, 0.29) is 0 Å². The van der Waals surface area contributed by atoms with Crippen molar-refractivity contribution in [1.82, 2.24) is 0 Å². The predicted octanol–water partition coefficient (Wildman–Crippen LogP) is 1.01. The fourth-order valence-corrected chi connectivity index (χ4v) is 1.68. The maximum atomic E-state index is 5.56. The van der Waals surface area contributed by atoms with Gasteiger partial charge in [-0.2, -0.15) is 0 Å². The predicted molar refractivity (Wildman–Crippen MR) is 41.7 cm³/mol. The molecule has 2 heteroatoms. The molecule has 2 N–H and O–H groups in total. The van der Waals surface area contributed by atoms with E-state index < -0.39 is 0 Å². The monoisotopic (exact) mass is 143 g/mol. The first kappa shape index (κ1) is 8.02. The van der Waals surface area contributed by atoms with E-state index in [1.807, 2.05) is 0 Å². The highest BCUT2D eigenvalue weighted by atomic mass is 16.5. The molecule has 0 unspecified atom stereocenters. The first-order valence-electron chi connectivity index (χ1n) is 4.02. The highest BCUT2D eigenvalue weighted by Gasteiger charge is 2.33. The third-order valence-electron chi connectivity index (χ3n) is 2.75. The number of ether oxygens (including phenoxy) is 1. The van der Waals surface area contributed by atoms with Crippen molar-refractivity contribution in [2.24, 2.45) is 17.6 Å². The van der Waals surface area contributed by atoms with Crippen molar-refractivity contribution >= 4 is 0 Å². The first-order valence-corrected chi connectivity index (χ1v) is 4.02. The van der Waals surface area contributed by atoms with Gasteiger partial charge in [-0.15, -0.1) is 0 Å². The van der Waals surface area contributed by atoms with Gasteiger partial charge in [0.25, 0.3) is 0 Å². The van der Waals surface area contributed by atoms with Crippen LogP contribution >= 0.6 is 0 Å². The van der Waals surface area contributed by atoms with Crippen LogP contribution in [0.4, 0.5) is 0 Å². The van der Waals surface area contributed by atoms with Crippen LogP contribution in [0.15, 0.2) is 0 Å². The molecule has 0 aromatic carbocycles. The molecule has 60 valence electrons. The number of rotatable bonds is 3. The van der Waals surface area contributed by atoms with Gasteiger partial charge in [-0.05, 0) is 38.1 Å². The van der Waals surface area contributed by atoms with Gasteiger partial charge in [-0.3, -0.25) is 0 Å². The van der Waals surface area contributed by atoms with Crippen LogP contribution in [0.1, 0.15) is 19.8 Å². The van der Waals surface area contributed by atoms with Gasteiger partial charge in [0, 0.05) is 7.11 Å². The Bertz CT molecular complexity index is 96.7. The first-order chi connectivity index (χ1) is 4.79. The van der Waals surface area contributed by atoms with Gasteiger partial charge in [0.1, 0.15) is 0 Å². The molecule has 0 saturated heterocycles. The molecule has 0 heterocycles. The molecule has 0 radical (unpaired) electrons. The molecule has 2 nitrogen and oxygen atoms in total. The summed E-state index contributed by atoms with van der Waals surface area (Å²) in [6.07, 6.45) is 3.01. The molecular formula is C8H17NO. The summed E-state index contributed by atoms with van der Waals surface area (Å²) >= 11 is 0. The van der Waals surface area contributed by atoms with E-state index in [4.69, 9.17) is 10.5 Å². The minimum Gasteiger partial charge on any atom is -0.381 e. The average Bonchev–Trinajstić information content (AvgIpc) is 1.86. The van der Waals surface area contributed by atoms with E-state index >= 15 is 0 Å². The molecule has 0 aliphatic heterocycles. The summed E-state index contributed by atoms with van der Waals surface area (Å²) < 4.78 is 5.23. The van der Waals surface area contributed by atoms with Crippen LogP contribution < -0.4 is 5.73 Å². The topological polar surface area (TPSA) is 35.2 Å². The van der Waals surface area contributed by atoms with E-state index in [2.05, 4.69) is 6.92 Å². The van der Waals surface area contributed by atoms with Crippen LogP contribution in [0.2, 0.25) is 0 Å². The van der Waals surface area contributed by atoms with Gasteiger partial charge in [-0.25, -0.2) is 0 Å². The molecule has 1 aliphatic carbocycles. The molecule has 0 aromatic heterocycles. The SMILES string of the molecule is CO[C@@H](C)[C@@H]1CC[C@H]1CN. The Morgan fingerprint density at radius 2 is 2.30 bits per heavy atom. The van der Waals surface area contributed by atoms with Crippen molar-refractivity contribution < 1.29 is 4.74 Å². The van der Waals surface area contributed by atoms with E-state index in [9.17, 15) is 0 Å². The third kappa shape index (κ3) is 1.32. The van der Waals surface area contributed by atoms with Gasteiger partial charge in [-0.1, -0.05) is 0 Å². The third-order valence-corrected chi connectivity index (χ3v) is 2.75. The quantitative estimate of drug-likeness (QED) is 0.640. The molecule has 0 spiro atoms. The van der Waals surface area contributed by atoms with Crippen molar-refractivity contribution in [3.05, 3.63) is 0 Å². The second-order valence-corrected chi connectivity index (χ2v) is 3.18. The summed E-state index contributed by atoms with van der Waals surface area (Å²) in [5.74, 6) is 1.46. The van der Waals surface area contributed by atoms with Crippen LogP contribution in [-0.2, 0) is 4.74 Å². The highest BCUT2D eigenvalue weighted by Crippen LogP contribution is 2.36. The molecule has 1 aliphatic rings. The lowest BCUT2D eigenvalue weighted by atomic mass is 9.71. The largest absolute Gasteiger partial charge is 0.381 e. The fraction of sp³-hybridized carbons (Fsp3) is 1.00. The Balaban J connectivity index is 2.27. The lowest BCUT2D eigenvalue weighted by Crippen LogP contribution is -2.39. The van der Waals surface area contributed by atoms with E-state index in [0.717, 1.165) is 18.4 Å². The van der Waals surface area contributed by atoms with Crippen molar-refractivity contribution in [3.63, 3.8) is 0 Å². The molecule has 1 fully saturated rings. The molecule has 0 aromatic rings. The lowest BCUT2D eigenvalue weighted by Gasteiger charge is -2.39. The highest BCUT2D eigenvalue weighted by molar-refractivity contribution is 4.84. The van der Waals surface area contributed by atoms with Crippen molar-refractivity contribution in [2.75, 3.05) is 13.7 Å². The van der Waals surface area contributed by atoms with E-state index in [1.54, 1.807) is 7.11 Å². The Morgan fingerprint density at radius 1 is 1.60 bits per heavy atom. The normalized spacial score (nSPS) is 35.1. The minimum atomic E-state index is 0.405. The zero-order chi connectivity index (χ0) is 7.56. The molecule has 1 rings (SSSR count). The maximum Gasteiger partial charge on any atom is 0.0574 e. The standard InChI is InChI=1S/C8H17NO/c1-6(10-2)8-4-3-7(8)5-9/h6-8H,3-5,9H2,1-2H3/t6-,7-,8-/m0/s1. The maximum absolute atomic E-state index is 5.56. The molecule has 3 atom stereocenters. The second kappa shape index (κ2) is 3.35. The van der Waals surface area contributed by atoms with Gasteiger partial charge < -0.3 is 10.5 Å². The summed E-state index contributed by atoms with van der Waals surface area (Å²) in [7, 11) is 1.77. The number of hydrogen-bond donors (Lipinski definition) is 1. The Morgan fingerprint density at radius 3 is 2.60 bits per heavy atom. The summed E-state index contributed by atoms with van der Waals surface area (Å²) in [6.45, 7) is 2.96. The summed E-state index contributed by atoms with van der Waals surface area (Å²) in [6, 6.07) is 0. The smallest absolute Gasteiger partial charge is 0.0574 e. The number of nitrogens with two attached hydrogens (primary N) is 1. The molecule has 10 heavy (non-hydrogen) atoms. The molecular weight excluding hydrogens is 126 g/mol. The second-order valence-electron chi connectivity index (χ2n) is 3.18. The molecule has 0 bridgehead atoms. The van der Waals surface area contributed by atoms with Gasteiger partial charge in [0.05, 0.1) is 6.10 Å². The number of hydrogen-bond acceptors (Lipinski definition) is 2. The Kier molecular flexibility index (Phi) is 2.69. The van der Waals surface area contributed by atoms with E-state index in [0.29, 0.717) is 6.10 Å². The zero-order valence-electron chi connectivity index (χ0n) is 6.84. The van der Waals surface area contributed by atoms with Crippen LogP contribution in [-0.4, -0.2) is 19.8 Å². The van der Waals surface area contributed by atoms with Crippen LogP contribution in [0.25, 0.3) is 0 Å². The molecule has 0 amide bonds.